The molecule has 0 aliphatic carbocycles. The summed E-state index contributed by atoms with van der Waals surface area (Å²) in [5.41, 5.74) is 1.99. The first-order chi connectivity index (χ1) is 10.1. The van der Waals surface area contributed by atoms with Gasteiger partial charge < -0.3 is 9.42 Å². The lowest BCUT2D eigenvalue weighted by atomic mass is 9.98. The minimum atomic E-state index is -0.166. The van der Waals surface area contributed by atoms with Gasteiger partial charge in [-0.05, 0) is 42.9 Å². The van der Waals surface area contributed by atoms with Crippen LogP contribution in [0.4, 0.5) is 4.39 Å². The quantitative estimate of drug-likeness (QED) is 0.872. The highest BCUT2D eigenvalue weighted by molar-refractivity contribution is 5.92. The van der Waals surface area contributed by atoms with Gasteiger partial charge in [0.25, 0.3) is 5.91 Å². The molecular weight excluding hydrogens is 271 g/mol. The van der Waals surface area contributed by atoms with E-state index < -0.39 is 0 Å². The third-order valence-corrected chi connectivity index (χ3v) is 3.99. The van der Waals surface area contributed by atoms with Gasteiger partial charge in [0.2, 0.25) is 0 Å². The molecule has 1 aromatic carbocycles. The van der Waals surface area contributed by atoms with Gasteiger partial charge in [-0.15, -0.1) is 0 Å². The number of halogens is 1. The van der Waals surface area contributed by atoms with E-state index in [1.807, 2.05) is 6.07 Å². The zero-order valence-electron chi connectivity index (χ0n) is 11.9. The third kappa shape index (κ3) is 2.96. The van der Waals surface area contributed by atoms with Gasteiger partial charge in [-0.2, -0.15) is 0 Å². The Morgan fingerprint density at radius 2 is 2.33 bits per heavy atom. The van der Waals surface area contributed by atoms with E-state index in [4.69, 9.17) is 4.52 Å². The number of amides is 1. The Kier molecular flexibility index (Phi) is 3.73. The highest BCUT2D eigenvalue weighted by Gasteiger charge is 2.28. The Balaban J connectivity index is 1.62. The van der Waals surface area contributed by atoms with Crippen LogP contribution >= 0.6 is 0 Å². The Morgan fingerprint density at radius 1 is 1.48 bits per heavy atom. The maximum atomic E-state index is 13.6. The van der Waals surface area contributed by atoms with Crippen LogP contribution in [0.1, 0.15) is 28.0 Å². The number of rotatable bonds is 3. The van der Waals surface area contributed by atoms with Crippen molar-refractivity contribution in [2.24, 2.45) is 5.92 Å². The van der Waals surface area contributed by atoms with Crippen LogP contribution in [0.5, 0.6) is 0 Å². The average molecular weight is 288 g/mol. The first-order valence-electron chi connectivity index (χ1n) is 7.08. The lowest BCUT2D eigenvalue weighted by Gasteiger charge is -2.15. The van der Waals surface area contributed by atoms with Crippen molar-refractivity contribution in [3.8, 4) is 0 Å². The number of hydrogen-bond acceptors (Lipinski definition) is 3. The second-order valence-electron chi connectivity index (χ2n) is 5.58. The number of likely N-dealkylation sites (tertiary alicyclic amines) is 1. The number of carbonyl (C=O) groups excluding carboxylic acids is 1. The lowest BCUT2D eigenvalue weighted by molar-refractivity contribution is 0.0777. The van der Waals surface area contributed by atoms with Crippen molar-refractivity contribution in [1.82, 2.24) is 10.1 Å². The molecule has 2 aromatic rings. The van der Waals surface area contributed by atoms with E-state index in [9.17, 15) is 9.18 Å². The SMILES string of the molecule is Cc1ccc(CC2CCN(C(=O)c3ccon3)C2)cc1F. The van der Waals surface area contributed by atoms with Crippen LogP contribution in [0, 0.1) is 18.7 Å². The third-order valence-electron chi connectivity index (χ3n) is 3.99. The lowest BCUT2D eigenvalue weighted by Crippen LogP contribution is -2.29. The molecule has 0 spiro atoms. The van der Waals surface area contributed by atoms with Crippen LogP contribution in [0.15, 0.2) is 35.1 Å². The summed E-state index contributed by atoms with van der Waals surface area (Å²) in [6, 6.07) is 6.93. The number of aromatic nitrogens is 1. The molecule has 0 bridgehead atoms. The summed E-state index contributed by atoms with van der Waals surface area (Å²) < 4.78 is 18.3. The van der Waals surface area contributed by atoms with Crippen molar-refractivity contribution >= 4 is 5.91 Å². The van der Waals surface area contributed by atoms with Crippen molar-refractivity contribution < 1.29 is 13.7 Å². The first kappa shape index (κ1) is 13.8. The van der Waals surface area contributed by atoms with E-state index in [-0.39, 0.29) is 11.7 Å². The van der Waals surface area contributed by atoms with Crippen LogP contribution in [0.25, 0.3) is 0 Å². The molecule has 1 amide bonds. The average Bonchev–Trinajstić information content (AvgIpc) is 3.13. The molecule has 1 aliphatic rings. The fraction of sp³-hybridized carbons (Fsp3) is 0.375. The summed E-state index contributed by atoms with van der Waals surface area (Å²) in [6.45, 7) is 3.15. The van der Waals surface area contributed by atoms with Crippen LogP contribution in [-0.4, -0.2) is 29.1 Å². The van der Waals surface area contributed by atoms with Crippen molar-refractivity contribution in [2.75, 3.05) is 13.1 Å². The molecule has 1 saturated heterocycles. The molecule has 2 heterocycles. The van der Waals surface area contributed by atoms with Crippen molar-refractivity contribution in [1.29, 1.82) is 0 Å². The second-order valence-corrected chi connectivity index (χ2v) is 5.58. The maximum Gasteiger partial charge on any atom is 0.276 e. The molecular formula is C16H17FN2O2. The molecule has 4 nitrogen and oxygen atoms in total. The zero-order valence-corrected chi connectivity index (χ0v) is 11.9. The molecule has 1 atom stereocenters. The van der Waals surface area contributed by atoms with Gasteiger partial charge in [-0.1, -0.05) is 17.3 Å². The summed E-state index contributed by atoms with van der Waals surface area (Å²) in [6.07, 6.45) is 3.12. The molecule has 0 radical (unpaired) electrons. The topological polar surface area (TPSA) is 46.3 Å². The van der Waals surface area contributed by atoms with E-state index in [1.54, 1.807) is 30.0 Å². The van der Waals surface area contributed by atoms with Crippen LogP contribution in [0.3, 0.4) is 0 Å². The number of benzene rings is 1. The maximum absolute atomic E-state index is 13.6. The molecule has 1 unspecified atom stereocenters. The van der Waals surface area contributed by atoms with E-state index in [0.29, 0.717) is 30.3 Å². The van der Waals surface area contributed by atoms with E-state index in [0.717, 1.165) is 18.4 Å². The highest BCUT2D eigenvalue weighted by Crippen LogP contribution is 2.23. The van der Waals surface area contributed by atoms with Crippen LogP contribution in [-0.2, 0) is 6.42 Å². The van der Waals surface area contributed by atoms with Gasteiger partial charge in [-0.3, -0.25) is 4.79 Å². The molecule has 3 rings (SSSR count). The molecule has 0 saturated carbocycles. The zero-order chi connectivity index (χ0) is 14.8. The van der Waals surface area contributed by atoms with Crippen LogP contribution in [0.2, 0.25) is 0 Å². The molecule has 1 aromatic heterocycles. The van der Waals surface area contributed by atoms with Gasteiger partial charge in [-0.25, -0.2) is 4.39 Å². The van der Waals surface area contributed by atoms with Gasteiger partial charge >= 0.3 is 0 Å². The van der Waals surface area contributed by atoms with Gasteiger partial charge in [0.15, 0.2) is 5.69 Å². The van der Waals surface area contributed by atoms with E-state index >= 15 is 0 Å². The summed E-state index contributed by atoms with van der Waals surface area (Å²) in [5.74, 6) is 0.102. The summed E-state index contributed by atoms with van der Waals surface area (Å²) in [7, 11) is 0. The largest absolute Gasteiger partial charge is 0.364 e. The number of hydrogen-bond donors (Lipinski definition) is 0. The second kappa shape index (κ2) is 5.68. The number of nitrogens with zero attached hydrogens (tertiary/aromatic N) is 2. The Morgan fingerprint density at radius 3 is 3.05 bits per heavy atom. The highest BCUT2D eigenvalue weighted by atomic mass is 19.1. The van der Waals surface area contributed by atoms with E-state index in [1.165, 1.54) is 6.26 Å². The van der Waals surface area contributed by atoms with Crippen LogP contribution < -0.4 is 0 Å². The minimum absolute atomic E-state index is 0.0960. The molecule has 1 fully saturated rings. The standard InChI is InChI=1S/C16H17FN2O2/c1-11-2-3-12(9-14(11)17)8-13-4-6-19(10-13)16(20)15-5-7-21-18-15/h2-3,5,7,9,13H,4,6,8,10H2,1H3. The molecule has 110 valence electrons. The molecule has 0 N–H and O–H groups in total. The Bertz CT molecular complexity index is 640. The van der Waals surface area contributed by atoms with Gasteiger partial charge in [0.05, 0.1) is 0 Å². The fourth-order valence-corrected chi connectivity index (χ4v) is 2.77. The van der Waals surface area contributed by atoms with E-state index in [2.05, 4.69) is 5.16 Å². The summed E-state index contributed by atoms with van der Waals surface area (Å²) in [4.78, 5) is 13.9. The Hall–Kier alpha value is -2.17. The first-order valence-corrected chi connectivity index (χ1v) is 7.08. The minimum Gasteiger partial charge on any atom is -0.364 e. The molecule has 1 aliphatic heterocycles. The predicted molar refractivity (Wildman–Crippen MR) is 75.4 cm³/mol. The number of aryl methyl sites for hydroxylation is 1. The van der Waals surface area contributed by atoms with Gasteiger partial charge in [0, 0.05) is 19.2 Å². The fourth-order valence-electron chi connectivity index (χ4n) is 2.77. The predicted octanol–water partition coefficient (Wildman–Crippen LogP) is 2.83. The van der Waals surface area contributed by atoms with Crippen molar-refractivity contribution in [3.63, 3.8) is 0 Å². The van der Waals surface area contributed by atoms with Crippen molar-refractivity contribution in [2.45, 2.75) is 19.8 Å². The summed E-state index contributed by atoms with van der Waals surface area (Å²) >= 11 is 0. The molecule has 5 heteroatoms. The smallest absolute Gasteiger partial charge is 0.276 e. The summed E-state index contributed by atoms with van der Waals surface area (Å²) in [5, 5.41) is 3.68. The Labute approximate surface area is 122 Å². The number of carbonyl (C=O) groups is 1. The van der Waals surface area contributed by atoms with Crippen molar-refractivity contribution in [3.05, 3.63) is 53.2 Å². The normalized spacial score (nSPS) is 18.2. The monoisotopic (exact) mass is 288 g/mol. The van der Waals surface area contributed by atoms with Gasteiger partial charge in [0.1, 0.15) is 12.1 Å². The molecule has 21 heavy (non-hydrogen) atoms.